The third kappa shape index (κ3) is 3.16. The molecule has 0 saturated carbocycles. The molecule has 0 bridgehead atoms. The van der Waals surface area contributed by atoms with Crippen LogP contribution in [0, 0.1) is 25.1 Å². The molecule has 4 nitrogen and oxygen atoms in total. The van der Waals surface area contributed by atoms with Crippen LogP contribution in [-0.2, 0) is 0 Å². The first-order valence-electron chi connectivity index (χ1n) is 5.71. The fourth-order valence-electron chi connectivity index (χ4n) is 1.66. The molecule has 104 valence electrons. The van der Waals surface area contributed by atoms with Crippen LogP contribution in [0.4, 0.5) is 4.39 Å². The molecule has 0 spiro atoms. The van der Waals surface area contributed by atoms with E-state index in [0.29, 0.717) is 15.6 Å². The van der Waals surface area contributed by atoms with Crippen molar-refractivity contribution >= 4 is 33.5 Å². The highest BCUT2D eigenvalue weighted by Gasteiger charge is 2.15. The Labute approximate surface area is 128 Å². The summed E-state index contributed by atoms with van der Waals surface area (Å²) in [6.45, 7) is 3.73. The Balaban J connectivity index is 2.39. The lowest BCUT2D eigenvalue weighted by atomic mass is 10.2. The maximum absolute atomic E-state index is 14.2. The van der Waals surface area contributed by atoms with Crippen LogP contribution in [0.15, 0.2) is 32.7 Å². The topological polar surface area (TPSA) is 75.7 Å². The van der Waals surface area contributed by atoms with Crippen LogP contribution < -0.4 is 5.73 Å². The van der Waals surface area contributed by atoms with Gasteiger partial charge in [0.15, 0.2) is 11.0 Å². The summed E-state index contributed by atoms with van der Waals surface area (Å²) in [6, 6.07) is 5.03. The highest BCUT2D eigenvalue weighted by Crippen LogP contribution is 2.33. The summed E-state index contributed by atoms with van der Waals surface area (Å²) in [4.78, 5) is 8.90. The molecule has 0 unspecified atom stereocenters. The third-order valence-electron chi connectivity index (χ3n) is 2.50. The van der Waals surface area contributed by atoms with Crippen molar-refractivity contribution in [1.82, 2.24) is 9.97 Å². The number of nitrogens with two attached hydrogens (primary N) is 1. The van der Waals surface area contributed by atoms with Crippen molar-refractivity contribution in [3.05, 3.63) is 45.4 Å². The normalized spacial score (nSPS) is 10.6. The SMILES string of the molecule is Cc1cc(C)nc(Sc2ccc(C(=N)N)c(Br)c2F)n1. The fraction of sp³-hybridized carbons (Fsp3) is 0.154. The molecule has 0 saturated heterocycles. The monoisotopic (exact) mass is 354 g/mol. The number of nitrogen functional groups attached to an aromatic ring is 1. The maximum atomic E-state index is 14.2. The van der Waals surface area contributed by atoms with E-state index in [9.17, 15) is 4.39 Å². The summed E-state index contributed by atoms with van der Waals surface area (Å²) < 4.78 is 14.4. The average molecular weight is 355 g/mol. The second-order valence-electron chi connectivity index (χ2n) is 4.19. The second-order valence-corrected chi connectivity index (χ2v) is 5.99. The Kier molecular flexibility index (Phi) is 4.39. The van der Waals surface area contributed by atoms with Gasteiger partial charge in [-0.2, -0.15) is 0 Å². The number of nitrogens with zero attached hydrogens (tertiary/aromatic N) is 2. The lowest BCUT2D eigenvalue weighted by Gasteiger charge is -2.08. The van der Waals surface area contributed by atoms with Crippen molar-refractivity contribution in [2.45, 2.75) is 23.9 Å². The van der Waals surface area contributed by atoms with Crippen LogP contribution in [0.25, 0.3) is 0 Å². The number of hydrogen-bond donors (Lipinski definition) is 2. The number of hydrogen-bond acceptors (Lipinski definition) is 4. The Bertz CT molecular complexity index is 670. The molecule has 1 aromatic carbocycles. The van der Waals surface area contributed by atoms with E-state index < -0.39 is 5.82 Å². The Morgan fingerprint density at radius 2 is 1.90 bits per heavy atom. The minimum absolute atomic E-state index is 0.180. The number of amidine groups is 1. The van der Waals surface area contributed by atoms with Gasteiger partial charge in [-0.05, 0) is 59.7 Å². The zero-order chi connectivity index (χ0) is 14.9. The first-order chi connectivity index (χ1) is 9.38. The van der Waals surface area contributed by atoms with Crippen LogP contribution in [0.5, 0.6) is 0 Å². The summed E-state index contributed by atoms with van der Waals surface area (Å²) in [6.07, 6.45) is 0. The number of benzene rings is 1. The van der Waals surface area contributed by atoms with Gasteiger partial charge < -0.3 is 5.73 Å². The molecule has 0 atom stereocenters. The maximum Gasteiger partial charge on any atom is 0.192 e. The summed E-state index contributed by atoms with van der Waals surface area (Å²) in [5, 5.41) is 7.86. The number of aromatic nitrogens is 2. The standard InChI is InChI=1S/C13H12BrFN4S/c1-6-5-7(2)19-13(18-6)20-9-4-3-8(12(16)17)10(14)11(9)15/h3-5H,1-2H3,(H3,16,17). The number of aryl methyl sites for hydroxylation is 2. The fourth-order valence-corrected chi connectivity index (χ4v) is 3.25. The van der Waals surface area contributed by atoms with E-state index in [1.807, 2.05) is 19.9 Å². The molecule has 3 N–H and O–H groups in total. The quantitative estimate of drug-likeness (QED) is 0.503. The van der Waals surface area contributed by atoms with Crippen molar-refractivity contribution in [2.75, 3.05) is 0 Å². The summed E-state index contributed by atoms with van der Waals surface area (Å²) >= 11 is 4.26. The lowest BCUT2D eigenvalue weighted by Crippen LogP contribution is -2.12. The zero-order valence-electron chi connectivity index (χ0n) is 10.9. The van der Waals surface area contributed by atoms with Gasteiger partial charge in [-0.15, -0.1) is 0 Å². The van der Waals surface area contributed by atoms with Gasteiger partial charge in [-0.3, -0.25) is 5.41 Å². The van der Waals surface area contributed by atoms with Crippen LogP contribution >= 0.6 is 27.7 Å². The molecule has 0 aliphatic rings. The highest BCUT2D eigenvalue weighted by atomic mass is 79.9. The van der Waals surface area contributed by atoms with E-state index in [2.05, 4.69) is 25.9 Å². The van der Waals surface area contributed by atoms with E-state index in [4.69, 9.17) is 11.1 Å². The van der Waals surface area contributed by atoms with Gasteiger partial charge in [0, 0.05) is 17.0 Å². The van der Waals surface area contributed by atoms with E-state index in [0.717, 1.165) is 23.1 Å². The van der Waals surface area contributed by atoms with Gasteiger partial charge in [0.2, 0.25) is 0 Å². The van der Waals surface area contributed by atoms with Crippen LogP contribution in [0.1, 0.15) is 17.0 Å². The van der Waals surface area contributed by atoms with E-state index >= 15 is 0 Å². The van der Waals surface area contributed by atoms with Gasteiger partial charge >= 0.3 is 0 Å². The van der Waals surface area contributed by atoms with Gasteiger partial charge in [0.25, 0.3) is 0 Å². The van der Waals surface area contributed by atoms with Crippen molar-refractivity contribution in [3.63, 3.8) is 0 Å². The van der Waals surface area contributed by atoms with Crippen LogP contribution in [0.2, 0.25) is 0 Å². The van der Waals surface area contributed by atoms with Crippen LogP contribution in [0.3, 0.4) is 0 Å². The summed E-state index contributed by atoms with van der Waals surface area (Å²) in [7, 11) is 0. The van der Waals surface area contributed by atoms with Crippen molar-refractivity contribution in [2.24, 2.45) is 5.73 Å². The molecular weight excluding hydrogens is 343 g/mol. The largest absolute Gasteiger partial charge is 0.384 e. The molecular formula is C13H12BrFN4S. The van der Waals surface area contributed by atoms with Gasteiger partial charge in [0.05, 0.1) is 9.37 Å². The number of halogens is 2. The predicted molar refractivity (Wildman–Crippen MR) is 80.7 cm³/mol. The first-order valence-corrected chi connectivity index (χ1v) is 7.32. The van der Waals surface area contributed by atoms with Gasteiger partial charge in [0.1, 0.15) is 5.84 Å². The molecule has 7 heteroatoms. The summed E-state index contributed by atoms with van der Waals surface area (Å²) in [5.74, 6) is -0.652. The van der Waals surface area contributed by atoms with Crippen molar-refractivity contribution in [3.8, 4) is 0 Å². The van der Waals surface area contributed by atoms with E-state index in [-0.39, 0.29) is 10.3 Å². The van der Waals surface area contributed by atoms with Gasteiger partial charge in [-0.1, -0.05) is 0 Å². The Morgan fingerprint density at radius 1 is 1.30 bits per heavy atom. The zero-order valence-corrected chi connectivity index (χ0v) is 13.3. The molecule has 0 amide bonds. The molecule has 2 aromatic rings. The molecule has 0 fully saturated rings. The average Bonchev–Trinajstić information content (AvgIpc) is 2.33. The van der Waals surface area contributed by atoms with E-state index in [1.165, 1.54) is 0 Å². The smallest absolute Gasteiger partial charge is 0.192 e. The summed E-state index contributed by atoms with van der Waals surface area (Å²) in [5.41, 5.74) is 7.37. The molecule has 1 aromatic heterocycles. The second kappa shape index (κ2) is 5.88. The molecule has 0 radical (unpaired) electrons. The molecule has 2 rings (SSSR count). The highest BCUT2D eigenvalue weighted by molar-refractivity contribution is 9.10. The van der Waals surface area contributed by atoms with Crippen molar-refractivity contribution < 1.29 is 4.39 Å². The predicted octanol–water partition coefficient (Wildman–Crippen LogP) is 3.43. The minimum atomic E-state index is -0.467. The molecule has 20 heavy (non-hydrogen) atoms. The van der Waals surface area contributed by atoms with Crippen molar-refractivity contribution in [1.29, 1.82) is 5.41 Å². The van der Waals surface area contributed by atoms with Crippen LogP contribution in [-0.4, -0.2) is 15.8 Å². The molecule has 1 heterocycles. The first kappa shape index (κ1) is 14.9. The molecule has 0 aliphatic heterocycles. The number of rotatable bonds is 3. The lowest BCUT2D eigenvalue weighted by molar-refractivity contribution is 0.594. The minimum Gasteiger partial charge on any atom is -0.384 e. The number of nitrogens with one attached hydrogen (secondary N) is 1. The Hall–Kier alpha value is -1.47. The Morgan fingerprint density at radius 3 is 2.45 bits per heavy atom. The third-order valence-corrected chi connectivity index (χ3v) is 4.18. The van der Waals surface area contributed by atoms with E-state index in [1.54, 1.807) is 12.1 Å². The molecule has 0 aliphatic carbocycles. The van der Waals surface area contributed by atoms with Gasteiger partial charge in [-0.25, -0.2) is 14.4 Å².